The molecule has 0 saturated heterocycles. The van der Waals surface area contributed by atoms with Crippen LogP contribution in [0.2, 0.25) is 0 Å². The quantitative estimate of drug-likeness (QED) is 0.648. The maximum absolute atomic E-state index is 9.04. The molecule has 1 unspecified atom stereocenters. The standard InChI is InChI=1S/C10H18N2/c1-9(2,3)8(12)10(7-11)5-4-6-10/h8H,4-6,12H2,1-3H3. The van der Waals surface area contributed by atoms with Gasteiger partial charge in [-0.3, -0.25) is 0 Å². The van der Waals surface area contributed by atoms with E-state index in [4.69, 9.17) is 11.0 Å². The molecule has 0 amide bonds. The highest BCUT2D eigenvalue weighted by atomic mass is 14.8. The van der Waals surface area contributed by atoms with Crippen molar-refractivity contribution in [3.63, 3.8) is 0 Å². The van der Waals surface area contributed by atoms with E-state index in [1.54, 1.807) is 0 Å². The number of nitrogens with zero attached hydrogens (tertiary/aromatic N) is 1. The van der Waals surface area contributed by atoms with Crippen molar-refractivity contribution >= 4 is 0 Å². The minimum Gasteiger partial charge on any atom is -0.326 e. The molecule has 0 spiro atoms. The minimum atomic E-state index is -0.210. The van der Waals surface area contributed by atoms with Crippen LogP contribution < -0.4 is 5.73 Å². The van der Waals surface area contributed by atoms with Crippen LogP contribution in [-0.4, -0.2) is 6.04 Å². The lowest BCUT2D eigenvalue weighted by Crippen LogP contribution is -2.52. The first-order valence-electron chi connectivity index (χ1n) is 4.59. The van der Waals surface area contributed by atoms with Gasteiger partial charge in [-0.05, 0) is 18.3 Å². The monoisotopic (exact) mass is 166 g/mol. The van der Waals surface area contributed by atoms with E-state index in [0.29, 0.717) is 0 Å². The first-order chi connectivity index (χ1) is 5.42. The molecular weight excluding hydrogens is 148 g/mol. The molecule has 0 heterocycles. The Bertz CT molecular complexity index is 203. The van der Waals surface area contributed by atoms with Crippen LogP contribution in [0.4, 0.5) is 0 Å². The third kappa shape index (κ3) is 1.34. The van der Waals surface area contributed by atoms with Gasteiger partial charge in [-0.2, -0.15) is 5.26 Å². The largest absolute Gasteiger partial charge is 0.326 e. The molecule has 0 radical (unpaired) electrons. The number of nitrogens with two attached hydrogens (primary N) is 1. The van der Waals surface area contributed by atoms with Gasteiger partial charge in [-0.25, -0.2) is 0 Å². The van der Waals surface area contributed by atoms with Crippen LogP contribution in [0.3, 0.4) is 0 Å². The molecule has 0 aliphatic heterocycles. The summed E-state index contributed by atoms with van der Waals surface area (Å²) in [6, 6.07) is 2.41. The van der Waals surface area contributed by atoms with Crippen molar-refractivity contribution in [1.82, 2.24) is 0 Å². The molecule has 1 atom stereocenters. The Morgan fingerprint density at radius 1 is 1.42 bits per heavy atom. The van der Waals surface area contributed by atoms with Gasteiger partial charge in [-0.15, -0.1) is 0 Å². The second-order valence-corrected chi connectivity index (χ2v) is 4.97. The van der Waals surface area contributed by atoms with Crippen molar-refractivity contribution in [1.29, 1.82) is 5.26 Å². The van der Waals surface area contributed by atoms with Crippen molar-refractivity contribution in [3.8, 4) is 6.07 Å². The lowest BCUT2D eigenvalue weighted by Gasteiger charge is -2.46. The van der Waals surface area contributed by atoms with Gasteiger partial charge in [0.2, 0.25) is 0 Å². The maximum atomic E-state index is 9.04. The molecule has 2 nitrogen and oxygen atoms in total. The van der Waals surface area contributed by atoms with Crippen LogP contribution in [0.5, 0.6) is 0 Å². The van der Waals surface area contributed by atoms with Gasteiger partial charge >= 0.3 is 0 Å². The second-order valence-electron chi connectivity index (χ2n) is 4.97. The summed E-state index contributed by atoms with van der Waals surface area (Å²) in [6.45, 7) is 6.32. The normalized spacial score (nSPS) is 23.9. The fraction of sp³-hybridized carbons (Fsp3) is 0.900. The molecule has 0 bridgehead atoms. The fourth-order valence-corrected chi connectivity index (χ4v) is 1.88. The Labute approximate surface area is 74.8 Å². The Balaban J connectivity index is 2.75. The molecule has 12 heavy (non-hydrogen) atoms. The first kappa shape index (κ1) is 9.54. The van der Waals surface area contributed by atoms with E-state index in [-0.39, 0.29) is 16.9 Å². The summed E-state index contributed by atoms with van der Waals surface area (Å²) in [5.74, 6) is 0. The topological polar surface area (TPSA) is 49.8 Å². The Kier molecular flexibility index (Phi) is 2.18. The molecule has 1 fully saturated rings. The maximum Gasteiger partial charge on any atom is 0.0729 e. The lowest BCUT2D eigenvalue weighted by molar-refractivity contribution is 0.0957. The molecule has 0 aromatic heterocycles. The molecule has 68 valence electrons. The smallest absolute Gasteiger partial charge is 0.0729 e. The number of rotatable bonds is 1. The molecule has 2 heteroatoms. The van der Waals surface area contributed by atoms with Crippen LogP contribution in [-0.2, 0) is 0 Å². The van der Waals surface area contributed by atoms with Gasteiger partial charge in [0.05, 0.1) is 11.5 Å². The Morgan fingerprint density at radius 3 is 2.00 bits per heavy atom. The third-order valence-electron chi connectivity index (χ3n) is 3.00. The van der Waals surface area contributed by atoms with Crippen molar-refractivity contribution in [3.05, 3.63) is 0 Å². The summed E-state index contributed by atoms with van der Waals surface area (Å²) in [6.07, 6.45) is 3.14. The van der Waals surface area contributed by atoms with E-state index in [1.165, 1.54) is 0 Å². The molecule has 2 N–H and O–H groups in total. The van der Waals surface area contributed by atoms with Crippen LogP contribution in [0, 0.1) is 22.2 Å². The molecule has 1 aliphatic rings. The number of hydrogen-bond acceptors (Lipinski definition) is 2. The zero-order valence-corrected chi connectivity index (χ0v) is 8.22. The van der Waals surface area contributed by atoms with E-state index < -0.39 is 0 Å². The highest BCUT2D eigenvalue weighted by molar-refractivity contribution is 5.12. The van der Waals surface area contributed by atoms with E-state index in [1.807, 2.05) is 0 Å². The average molecular weight is 166 g/mol. The summed E-state index contributed by atoms with van der Waals surface area (Å²) in [5.41, 5.74) is 5.92. The van der Waals surface area contributed by atoms with Crippen molar-refractivity contribution in [2.24, 2.45) is 16.6 Å². The molecule has 0 aromatic carbocycles. The van der Waals surface area contributed by atoms with Crippen molar-refractivity contribution in [2.75, 3.05) is 0 Å². The SMILES string of the molecule is CC(C)(C)C(N)C1(C#N)CCC1. The summed E-state index contributed by atoms with van der Waals surface area (Å²) in [7, 11) is 0. The summed E-state index contributed by atoms with van der Waals surface area (Å²) >= 11 is 0. The number of nitriles is 1. The molecule has 1 saturated carbocycles. The van der Waals surface area contributed by atoms with Gasteiger partial charge in [0.25, 0.3) is 0 Å². The van der Waals surface area contributed by atoms with Gasteiger partial charge in [0.15, 0.2) is 0 Å². The lowest BCUT2D eigenvalue weighted by atomic mass is 9.59. The summed E-state index contributed by atoms with van der Waals surface area (Å²) in [5, 5.41) is 9.04. The first-order valence-corrected chi connectivity index (χ1v) is 4.59. The Hall–Kier alpha value is -0.550. The van der Waals surface area contributed by atoms with E-state index in [0.717, 1.165) is 19.3 Å². The van der Waals surface area contributed by atoms with E-state index >= 15 is 0 Å². The Morgan fingerprint density at radius 2 is 1.92 bits per heavy atom. The number of hydrogen-bond donors (Lipinski definition) is 1. The summed E-state index contributed by atoms with van der Waals surface area (Å²) < 4.78 is 0. The highest BCUT2D eigenvalue weighted by Gasteiger charge is 2.47. The molecule has 0 aromatic rings. The van der Waals surface area contributed by atoms with Crippen molar-refractivity contribution in [2.45, 2.75) is 46.1 Å². The van der Waals surface area contributed by atoms with Crippen LogP contribution in [0.15, 0.2) is 0 Å². The van der Waals surface area contributed by atoms with Crippen molar-refractivity contribution < 1.29 is 0 Å². The van der Waals surface area contributed by atoms with Crippen LogP contribution in [0.25, 0.3) is 0 Å². The third-order valence-corrected chi connectivity index (χ3v) is 3.00. The summed E-state index contributed by atoms with van der Waals surface area (Å²) in [4.78, 5) is 0. The second kappa shape index (κ2) is 2.74. The highest BCUT2D eigenvalue weighted by Crippen LogP contribution is 2.47. The average Bonchev–Trinajstić information content (AvgIpc) is 1.84. The van der Waals surface area contributed by atoms with Gasteiger partial charge in [0, 0.05) is 6.04 Å². The minimum absolute atomic E-state index is 0.0174. The van der Waals surface area contributed by atoms with Crippen LogP contribution in [0.1, 0.15) is 40.0 Å². The van der Waals surface area contributed by atoms with Gasteiger partial charge < -0.3 is 5.73 Å². The fourth-order valence-electron chi connectivity index (χ4n) is 1.88. The molecular formula is C10H18N2. The zero-order chi connectivity index (χ0) is 9.41. The molecule has 1 aliphatic carbocycles. The van der Waals surface area contributed by atoms with Gasteiger partial charge in [-0.1, -0.05) is 27.2 Å². The van der Waals surface area contributed by atoms with E-state index in [9.17, 15) is 0 Å². The predicted molar refractivity (Wildman–Crippen MR) is 49.3 cm³/mol. The van der Waals surface area contributed by atoms with E-state index in [2.05, 4.69) is 26.8 Å². The van der Waals surface area contributed by atoms with Crippen LogP contribution >= 0.6 is 0 Å². The predicted octanol–water partition coefficient (Wildman–Crippen LogP) is 2.05. The molecule has 1 rings (SSSR count). The zero-order valence-electron chi connectivity index (χ0n) is 8.22. The van der Waals surface area contributed by atoms with Gasteiger partial charge in [0.1, 0.15) is 0 Å².